The summed E-state index contributed by atoms with van der Waals surface area (Å²) in [5, 5.41) is 4.82. The first kappa shape index (κ1) is 16.3. The average Bonchev–Trinajstić information content (AvgIpc) is 2.50. The molecule has 0 bridgehead atoms. The molecule has 1 heterocycles. The number of aryl methyl sites for hydroxylation is 1. The molecule has 0 aliphatic carbocycles. The van der Waals surface area contributed by atoms with Crippen LogP contribution in [0.15, 0.2) is 42.7 Å². The highest BCUT2D eigenvalue weighted by atomic mass is 35.5. The first-order valence-corrected chi connectivity index (χ1v) is 8.01. The normalized spacial score (nSPS) is 12.3. The molecule has 4 heteroatoms. The average molecular weight is 323 g/mol. The second-order valence-corrected chi connectivity index (χ2v) is 5.86. The molecule has 1 atom stereocenters. The van der Waals surface area contributed by atoms with Gasteiger partial charge in [-0.15, -0.1) is 0 Å². The van der Waals surface area contributed by atoms with E-state index in [1.54, 1.807) is 6.20 Å². The SMILES string of the molecule is CCNC(CCc1cccnc1)Cc1cccc(Cl)c1Cl. The van der Waals surface area contributed by atoms with E-state index in [0.29, 0.717) is 16.1 Å². The Bertz CT molecular complexity index is 558. The van der Waals surface area contributed by atoms with Crippen LogP contribution in [0.2, 0.25) is 10.0 Å². The van der Waals surface area contributed by atoms with Gasteiger partial charge in [0.25, 0.3) is 0 Å². The van der Waals surface area contributed by atoms with Crippen molar-refractivity contribution in [3.63, 3.8) is 0 Å². The molecule has 0 aliphatic heterocycles. The lowest BCUT2D eigenvalue weighted by Gasteiger charge is -2.19. The molecule has 2 aromatic rings. The zero-order valence-corrected chi connectivity index (χ0v) is 13.7. The number of nitrogens with zero attached hydrogens (tertiary/aromatic N) is 1. The van der Waals surface area contributed by atoms with E-state index >= 15 is 0 Å². The molecular weight excluding hydrogens is 303 g/mol. The summed E-state index contributed by atoms with van der Waals surface area (Å²) in [4.78, 5) is 4.16. The van der Waals surface area contributed by atoms with Crippen LogP contribution in [0.1, 0.15) is 24.5 Å². The summed E-state index contributed by atoms with van der Waals surface area (Å²) in [6.45, 7) is 3.06. The first-order chi connectivity index (χ1) is 10.2. The van der Waals surface area contributed by atoms with Gasteiger partial charge in [0.2, 0.25) is 0 Å². The van der Waals surface area contributed by atoms with Crippen molar-refractivity contribution in [3.8, 4) is 0 Å². The van der Waals surface area contributed by atoms with Gasteiger partial charge in [-0.05, 0) is 49.1 Å². The van der Waals surface area contributed by atoms with E-state index in [1.807, 2.05) is 30.5 Å². The van der Waals surface area contributed by atoms with Crippen molar-refractivity contribution in [1.82, 2.24) is 10.3 Å². The maximum absolute atomic E-state index is 6.28. The third kappa shape index (κ3) is 4.99. The van der Waals surface area contributed by atoms with Crippen LogP contribution in [0.3, 0.4) is 0 Å². The summed E-state index contributed by atoms with van der Waals surface area (Å²) in [6, 6.07) is 10.3. The highest BCUT2D eigenvalue weighted by Crippen LogP contribution is 2.26. The number of likely N-dealkylation sites (N-methyl/N-ethyl adjacent to an activating group) is 1. The fourth-order valence-corrected chi connectivity index (χ4v) is 2.82. The van der Waals surface area contributed by atoms with Crippen molar-refractivity contribution in [3.05, 3.63) is 63.9 Å². The standard InChI is InChI=1S/C17H20Cl2N2/c1-2-21-15(9-8-13-5-4-10-20-12-13)11-14-6-3-7-16(18)17(14)19/h3-7,10,12,15,21H,2,8-9,11H2,1H3. The second kappa shape index (κ2) is 8.38. The van der Waals surface area contributed by atoms with Gasteiger partial charge >= 0.3 is 0 Å². The number of benzene rings is 1. The summed E-state index contributed by atoms with van der Waals surface area (Å²) < 4.78 is 0. The van der Waals surface area contributed by atoms with E-state index in [2.05, 4.69) is 23.3 Å². The van der Waals surface area contributed by atoms with Crippen molar-refractivity contribution in [2.75, 3.05) is 6.54 Å². The molecule has 0 aliphatic rings. The Hall–Kier alpha value is -1.09. The number of halogens is 2. The van der Waals surface area contributed by atoms with Gasteiger partial charge in [0, 0.05) is 18.4 Å². The topological polar surface area (TPSA) is 24.9 Å². The number of pyridine rings is 1. The Morgan fingerprint density at radius 3 is 2.76 bits per heavy atom. The Labute approximate surface area is 136 Å². The van der Waals surface area contributed by atoms with Gasteiger partial charge < -0.3 is 5.32 Å². The molecule has 1 unspecified atom stereocenters. The zero-order chi connectivity index (χ0) is 15.1. The highest BCUT2D eigenvalue weighted by Gasteiger charge is 2.12. The molecular formula is C17H20Cl2N2. The Kier molecular flexibility index (Phi) is 6.50. The third-order valence-electron chi connectivity index (χ3n) is 3.49. The van der Waals surface area contributed by atoms with Crippen LogP contribution in [0.4, 0.5) is 0 Å². The van der Waals surface area contributed by atoms with E-state index in [4.69, 9.17) is 23.2 Å². The van der Waals surface area contributed by atoms with E-state index < -0.39 is 0 Å². The smallest absolute Gasteiger partial charge is 0.0624 e. The van der Waals surface area contributed by atoms with Gasteiger partial charge in [0.15, 0.2) is 0 Å². The predicted molar refractivity (Wildman–Crippen MR) is 90.2 cm³/mol. The number of hydrogen-bond acceptors (Lipinski definition) is 2. The molecule has 0 amide bonds. The molecule has 0 saturated heterocycles. The summed E-state index contributed by atoms with van der Waals surface area (Å²) in [6.07, 6.45) is 6.66. The van der Waals surface area contributed by atoms with Crippen molar-refractivity contribution in [2.45, 2.75) is 32.2 Å². The molecule has 2 rings (SSSR count). The minimum absolute atomic E-state index is 0.381. The van der Waals surface area contributed by atoms with Gasteiger partial charge in [0.05, 0.1) is 10.0 Å². The van der Waals surface area contributed by atoms with E-state index in [1.165, 1.54) is 5.56 Å². The van der Waals surface area contributed by atoms with Crippen LogP contribution < -0.4 is 5.32 Å². The van der Waals surface area contributed by atoms with Gasteiger partial charge in [-0.3, -0.25) is 4.98 Å². The largest absolute Gasteiger partial charge is 0.314 e. The predicted octanol–water partition coefficient (Wildman–Crippen LogP) is 4.54. The summed E-state index contributed by atoms with van der Waals surface area (Å²) in [7, 11) is 0. The van der Waals surface area contributed by atoms with Gasteiger partial charge in [-0.2, -0.15) is 0 Å². The third-order valence-corrected chi connectivity index (χ3v) is 4.35. The van der Waals surface area contributed by atoms with Gasteiger partial charge in [-0.1, -0.05) is 48.3 Å². The fourth-order valence-electron chi connectivity index (χ4n) is 2.42. The van der Waals surface area contributed by atoms with E-state index in [0.717, 1.165) is 31.4 Å². The lowest BCUT2D eigenvalue weighted by molar-refractivity contribution is 0.491. The van der Waals surface area contributed by atoms with Crippen molar-refractivity contribution >= 4 is 23.2 Å². The summed E-state index contributed by atoms with van der Waals surface area (Å²) in [5.41, 5.74) is 2.36. The lowest BCUT2D eigenvalue weighted by atomic mass is 9.99. The maximum Gasteiger partial charge on any atom is 0.0624 e. The number of rotatable bonds is 7. The molecule has 0 fully saturated rings. The number of nitrogens with one attached hydrogen (secondary N) is 1. The second-order valence-electron chi connectivity index (χ2n) is 5.07. The lowest BCUT2D eigenvalue weighted by Crippen LogP contribution is -2.31. The minimum atomic E-state index is 0.381. The van der Waals surface area contributed by atoms with Crippen LogP contribution in [0, 0.1) is 0 Å². The maximum atomic E-state index is 6.28. The number of aromatic nitrogens is 1. The minimum Gasteiger partial charge on any atom is -0.314 e. The molecule has 1 aromatic carbocycles. The molecule has 2 nitrogen and oxygen atoms in total. The van der Waals surface area contributed by atoms with Crippen molar-refractivity contribution in [2.24, 2.45) is 0 Å². The first-order valence-electron chi connectivity index (χ1n) is 7.26. The van der Waals surface area contributed by atoms with Crippen molar-refractivity contribution < 1.29 is 0 Å². The van der Waals surface area contributed by atoms with E-state index in [9.17, 15) is 0 Å². The molecule has 21 heavy (non-hydrogen) atoms. The number of hydrogen-bond donors (Lipinski definition) is 1. The van der Waals surface area contributed by atoms with Crippen molar-refractivity contribution in [1.29, 1.82) is 0 Å². The molecule has 0 saturated carbocycles. The summed E-state index contributed by atoms with van der Waals surface area (Å²) >= 11 is 12.4. The molecule has 1 aromatic heterocycles. The van der Waals surface area contributed by atoms with Crippen LogP contribution >= 0.6 is 23.2 Å². The van der Waals surface area contributed by atoms with Crippen LogP contribution in [0.25, 0.3) is 0 Å². The Morgan fingerprint density at radius 2 is 2.05 bits per heavy atom. The Morgan fingerprint density at radius 1 is 1.19 bits per heavy atom. The monoisotopic (exact) mass is 322 g/mol. The van der Waals surface area contributed by atoms with E-state index in [-0.39, 0.29) is 0 Å². The summed E-state index contributed by atoms with van der Waals surface area (Å²) in [5.74, 6) is 0. The van der Waals surface area contributed by atoms with Crippen LogP contribution in [0.5, 0.6) is 0 Å². The fraction of sp³-hybridized carbons (Fsp3) is 0.353. The molecule has 1 N–H and O–H groups in total. The zero-order valence-electron chi connectivity index (χ0n) is 12.2. The van der Waals surface area contributed by atoms with Gasteiger partial charge in [0.1, 0.15) is 0 Å². The Balaban J connectivity index is 2.00. The van der Waals surface area contributed by atoms with Crippen LogP contribution in [-0.4, -0.2) is 17.6 Å². The van der Waals surface area contributed by atoms with Crippen LogP contribution in [-0.2, 0) is 12.8 Å². The molecule has 0 radical (unpaired) electrons. The molecule has 112 valence electrons. The quantitative estimate of drug-likeness (QED) is 0.809. The highest BCUT2D eigenvalue weighted by molar-refractivity contribution is 6.42. The van der Waals surface area contributed by atoms with Gasteiger partial charge in [-0.25, -0.2) is 0 Å². The molecule has 0 spiro atoms.